The van der Waals surface area contributed by atoms with Crippen molar-refractivity contribution in [1.82, 2.24) is 4.98 Å². The second-order valence-electron chi connectivity index (χ2n) is 4.44. The highest BCUT2D eigenvalue weighted by atomic mass is 16.5. The summed E-state index contributed by atoms with van der Waals surface area (Å²) in [6.07, 6.45) is 0.613. The number of nitrogens with one attached hydrogen (secondary N) is 1. The highest BCUT2D eigenvalue weighted by Gasteiger charge is 2.10. The minimum absolute atomic E-state index is 0.0793. The Morgan fingerprint density at radius 1 is 1.25 bits per heavy atom. The molecule has 0 unspecified atom stereocenters. The van der Waals surface area contributed by atoms with E-state index in [9.17, 15) is 0 Å². The molecule has 0 bridgehead atoms. The SMILES string of the molecule is Cc1ccc(C(=N)N)c(Oc2ccc(CCO)cc2)n1. The van der Waals surface area contributed by atoms with E-state index in [0.717, 1.165) is 11.3 Å². The van der Waals surface area contributed by atoms with E-state index in [1.807, 2.05) is 19.1 Å². The molecule has 0 amide bonds. The number of nitrogen functional groups attached to an aromatic ring is 1. The molecular weight excluding hydrogens is 254 g/mol. The number of aromatic nitrogens is 1. The summed E-state index contributed by atoms with van der Waals surface area (Å²) in [5.74, 6) is 0.865. The van der Waals surface area contributed by atoms with Crippen molar-refractivity contribution in [3.05, 3.63) is 53.2 Å². The Hall–Kier alpha value is -2.40. The lowest BCUT2D eigenvalue weighted by Gasteiger charge is -2.10. The number of nitrogens with zero attached hydrogens (tertiary/aromatic N) is 1. The number of hydrogen-bond acceptors (Lipinski definition) is 4. The van der Waals surface area contributed by atoms with Gasteiger partial charge in [0.15, 0.2) is 0 Å². The van der Waals surface area contributed by atoms with Crippen molar-refractivity contribution in [3.63, 3.8) is 0 Å². The third-order valence-electron chi connectivity index (χ3n) is 2.83. The van der Waals surface area contributed by atoms with E-state index in [0.29, 0.717) is 23.6 Å². The van der Waals surface area contributed by atoms with Crippen LogP contribution in [0.2, 0.25) is 0 Å². The van der Waals surface area contributed by atoms with Crippen LogP contribution in [0.4, 0.5) is 0 Å². The van der Waals surface area contributed by atoms with Crippen LogP contribution < -0.4 is 10.5 Å². The number of aliphatic hydroxyl groups is 1. The maximum atomic E-state index is 8.87. The molecule has 0 saturated carbocycles. The monoisotopic (exact) mass is 271 g/mol. The van der Waals surface area contributed by atoms with Crippen LogP contribution >= 0.6 is 0 Å². The van der Waals surface area contributed by atoms with Crippen LogP contribution in [-0.2, 0) is 6.42 Å². The van der Waals surface area contributed by atoms with Crippen LogP contribution in [0.1, 0.15) is 16.8 Å². The van der Waals surface area contributed by atoms with Gasteiger partial charge in [-0.15, -0.1) is 0 Å². The van der Waals surface area contributed by atoms with Crippen LogP contribution in [0.3, 0.4) is 0 Å². The van der Waals surface area contributed by atoms with Gasteiger partial charge in [-0.25, -0.2) is 4.98 Å². The first-order chi connectivity index (χ1) is 9.60. The fourth-order valence-electron chi connectivity index (χ4n) is 1.78. The lowest BCUT2D eigenvalue weighted by Crippen LogP contribution is -2.13. The molecule has 1 aromatic heterocycles. The summed E-state index contributed by atoms with van der Waals surface area (Å²) in [6, 6.07) is 10.9. The van der Waals surface area contributed by atoms with Gasteiger partial charge in [0.1, 0.15) is 11.6 Å². The van der Waals surface area contributed by atoms with Crippen molar-refractivity contribution in [2.75, 3.05) is 6.61 Å². The summed E-state index contributed by atoms with van der Waals surface area (Å²) < 4.78 is 5.69. The van der Waals surface area contributed by atoms with Crippen molar-refractivity contribution in [3.8, 4) is 11.6 Å². The van der Waals surface area contributed by atoms with Gasteiger partial charge < -0.3 is 15.6 Å². The molecule has 1 heterocycles. The van der Waals surface area contributed by atoms with Crippen LogP contribution in [0, 0.1) is 12.3 Å². The average Bonchev–Trinajstić information content (AvgIpc) is 2.41. The predicted molar refractivity (Wildman–Crippen MR) is 77.3 cm³/mol. The van der Waals surface area contributed by atoms with Crippen molar-refractivity contribution in [2.24, 2.45) is 5.73 Å². The number of aliphatic hydroxyl groups excluding tert-OH is 1. The minimum atomic E-state index is -0.0793. The van der Waals surface area contributed by atoms with Gasteiger partial charge in [0.05, 0.1) is 5.56 Å². The average molecular weight is 271 g/mol. The van der Waals surface area contributed by atoms with Gasteiger partial charge in [0.2, 0.25) is 5.88 Å². The Morgan fingerprint density at radius 3 is 2.55 bits per heavy atom. The number of amidine groups is 1. The van der Waals surface area contributed by atoms with E-state index in [-0.39, 0.29) is 12.4 Å². The Morgan fingerprint density at radius 2 is 1.95 bits per heavy atom. The molecule has 0 aliphatic heterocycles. The third kappa shape index (κ3) is 3.33. The fraction of sp³-hybridized carbons (Fsp3) is 0.200. The van der Waals surface area contributed by atoms with Gasteiger partial charge >= 0.3 is 0 Å². The Labute approximate surface area is 117 Å². The van der Waals surface area contributed by atoms with E-state index >= 15 is 0 Å². The Bertz CT molecular complexity index is 609. The first kappa shape index (κ1) is 14.0. The molecule has 2 aromatic rings. The molecule has 104 valence electrons. The van der Waals surface area contributed by atoms with Crippen molar-refractivity contribution >= 4 is 5.84 Å². The molecule has 20 heavy (non-hydrogen) atoms. The highest BCUT2D eigenvalue weighted by molar-refractivity contribution is 5.97. The zero-order chi connectivity index (χ0) is 14.5. The zero-order valence-corrected chi connectivity index (χ0v) is 11.3. The summed E-state index contributed by atoms with van der Waals surface area (Å²) in [6.45, 7) is 1.97. The molecule has 0 aliphatic rings. The van der Waals surface area contributed by atoms with Gasteiger partial charge in [-0.3, -0.25) is 5.41 Å². The van der Waals surface area contributed by atoms with Crippen molar-refractivity contribution in [1.29, 1.82) is 5.41 Å². The molecule has 1 aromatic carbocycles. The topological polar surface area (TPSA) is 92.2 Å². The highest BCUT2D eigenvalue weighted by Crippen LogP contribution is 2.23. The van der Waals surface area contributed by atoms with Gasteiger partial charge in [0, 0.05) is 12.3 Å². The molecule has 0 saturated heterocycles. The largest absolute Gasteiger partial charge is 0.438 e. The van der Waals surface area contributed by atoms with Crippen molar-refractivity contribution in [2.45, 2.75) is 13.3 Å². The maximum absolute atomic E-state index is 8.87. The number of nitrogens with two attached hydrogens (primary N) is 1. The number of benzene rings is 1. The molecule has 0 aliphatic carbocycles. The summed E-state index contributed by atoms with van der Waals surface area (Å²) in [7, 11) is 0. The quantitative estimate of drug-likeness (QED) is 0.573. The second kappa shape index (κ2) is 6.16. The second-order valence-corrected chi connectivity index (χ2v) is 4.44. The summed E-state index contributed by atoms with van der Waals surface area (Å²) in [5.41, 5.74) is 7.81. The molecule has 0 fully saturated rings. The number of pyridine rings is 1. The first-order valence-electron chi connectivity index (χ1n) is 6.30. The zero-order valence-electron chi connectivity index (χ0n) is 11.3. The third-order valence-corrected chi connectivity index (χ3v) is 2.83. The number of hydrogen-bond donors (Lipinski definition) is 3. The molecule has 0 atom stereocenters. The predicted octanol–water partition coefficient (Wildman–Crippen LogP) is 2.00. The standard InChI is InChI=1S/C15H17N3O2/c1-10-2-7-13(14(16)17)15(18-10)20-12-5-3-11(4-6-12)8-9-19/h2-7,19H,8-9H2,1H3,(H3,16,17). The molecule has 5 heteroatoms. The Kier molecular flexibility index (Phi) is 4.32. The molecule has 0 spiro atoms. The summed E-state index contributed by atoms with van der Waals surface area (Å²) in [5, 5.41) is 16.4. The summed E-state index contributed by atoms with van der Waals surface area (Å²) in [4.78, 5) is 4.27. The van der Waals surface area contributed by atoms with Gasteiger partial charge in [-0.05, 0) is 43.2 Å². The van der Waals surface area contributed by atoms with E-state index in [1.54, 1.807) is 24.3 Å². The van der Waals surface area contributed by atoms with Gasteiger partial charge in [0.25, 0.3) is 0 Å². The number of aryl methyl sites for hydroxylation is 1. The normalized spacial score (nSPS) is 10.3. The lowest BCUT2D eigenvalue weighted by atomic mass is 10.1. The van der Waals surface area contributed by atoms with Crippen molar-refractivity contribution < 1.29 is 9.84 Å². The molecule has 4 N–H and O–H groups in total. The maximum Gasteiger partial charge on any atom is 0.230 e. The molecule has 0 radical (unpaired) electrons. The van der Waals surface area contributed by atoms with Crippen LogP contribution in [-0.4, -0.2) is 22.5 Å². The number of ether oxygens (including phenoxy) is 1. The van der Waals surface area contributed by atoms with E-state index in [4.69, 9.17) is 21.0 Å². The van der Waals surface area contributed by atoms with Gasteiger partial charge in [-0.1, -0.05) is 12.1 Å². The van der Waals surface area contributed by atoms with E-state index in [2.05, 4.69) is 4.98 Å². The van der Waals surface area contributed by atoms with E-state index in [1.165, 1.54) is 0 Å². The molecule has 5 nitrogen and oxygen atoms in total. The first-order valence-corrected chi connectivity index (χ1v) is 6.30. The molecular formula is C15H17N3O2. The minimum Gasteiger partial charge on any atom is -0.438 e. The smallest absolute Gasteiger partial charge is 0.230 e. The number of rotatable bonds is 5. The Balaban J connectivity index is 2.25. The van der Waals surface area contributed by atoms with Crippen LogP contribution in [0.25, 0.3) is 0 Å². The van der Waals surface area contributed by atoms with E-state index < -0.39 is 0 Å². The van der Waals surface area contributed by atoms with Gasteiger partial charge in [-0.2, -0.15) is 0 Å². The molecule has 2 rings (SSSR count). The lowest BCUT2D eigenvalue weighted by molar-refractivity contribution is 0.299. The fourth-order valence-corrected chi connectivity index (χ4v) is 1.78. The summed E-state index contributed by atoms with van der Waals surface area (Å²) >= 11 is 0. The van der Waals surface area contributed by atoms with Crippen LogP contribution in [0.5, 0.6) is 11.6 Å². The van der Waals surface area contributed by atoms with Crippen LogP contribution in [0.15, 0.2) is 36.4 Å².